The maximum absolute atomic E-state index is 13.1. The van der Waals surface area contributed by atoms with Crippen LogP contribution in [-0.2, 0) is 6.18 Å². The van der Waals surface area contributed by atoms with Gasteiger partial charge in [-0.2, -0.15) is 18.4 Å². The van der Waals surface area contributed by atoms with Gasteiger partial charge in [-0.05, 0) is 30.3 Å². The first-order chi connectivity index (χ1) is 13.0. The van der Waals surface area contributed by atoms with Crippen LogP contribution in [0, 0.1) is 11.3 Å². The van der Waals surface area contributed by atoms with Gasteiger partial charge in [-0.3, -0.25) is 4.90 Å². The van der Waals surface area contributed by atoms with Crippen molar-refractivity contribution in [2.24, 2.45) is 0 Å². The number of alkyl halides is 3. The van der Waals surface area contributed by atoms with Crippen molar-refractivity contribution in [3.05, 3.63) is 59.7 Å². The third-order valence-electron chi connectivity index (χ3n) is 4.59. The van der Waals surface area contributed by atoms with E-state index in [4.69, 9.17) is 10.00 Å². The Bertz CT molecular complexity index is 794. The Morgan fingerprint density at radius 1 is 1.00 bits per heavy atom. The number of anilines is 1. The average molecular weight is 375 g/mol. The van der Waals surface area contributed by atoms with Crippen LogP contribution < -0.4 is 9.64 Å². The van der Waals surface area contributed by atoms with Gasteiger partial charge in [-0.15, -0.1) is 0 Å². The number of nitrogens with zero attached hydrogens (tertiary/aromatic N) is 3. The number of para-hydroxylation sites is 1. The number of hydrogen-bond acceptors (Lipinski definition) is 4. The van der Waals surface area contributed by atoms with Crippen LogP contribution in [0.15, 0.2) is 48.5 Å². The summed E-state index contributed by atoms with van der Waals surface area (Å²) in [4.78, 5) is 4.15. The van der Waals surface area contributed by atoms with Gasteiger partial charge in [-0.1, -0.05) is 18.2 Å². The molecule has 4 nitrogen and oxygen atoms in total. The Morgan fingerprint density at radius 2 is 1.70 bits per heavy atom. The van der Waals surface area contributed by atoms with Crippen LogP contribution in [0.1, 0.15) is 11.1 Å². The summed E-state index contributed by atoms with van der Waals surface area (Å²) in [5.41, 5.74) is -0.717. The van der Waals surface area contributed by atoms with Crippen molar-refractivity contribution in [1.29, 1.82) is 5.26 Å². The monoisotopic (exact) mass is 375 g/mol. The van der Waals surface area contributed by atoms with Crippen LogP contribution in [0.4, 0.5) is 18.9 Å². The van der Waals surface area contributed by atoms with E-state index in [0.29, 0.717) is 25.4 Å². The SMILES string of the molecule is N#Cc1ccc(N2CCN(CCOc3ccccc3)CC2)cc1C(F)(F)F. The molecule has 0 aromatic heterocycles. The number of piperazine rings is 1. The fourth-order valence-electron chi connectivity index (χ4n) is 3.10. The third kappa shape index (κ3) is 4.92. The molecule has 0 saturated carbocycles. The zero-order valence-corrected chi connectivity index (χ0v) is 14.7. The van der Waals surface area contributed by atoms with Crippen molar-refractivity contribution in [1.82, 2.24) is 4.90 Å². The predicted molar refractivity (Wildman–Crippen MR) is 96.7 cm³/mol. The van der Waals surface area contributed by atoms with Gasteiger partial charge in [0.05, 0.1) is 17.2 Å². The number of ether oxygens (including phenoxy) is 1. The summed E-state index contributed by atoms with van der Waals surface area (Å²) in [6, 6.07) is 15.1. The Balaban J connectivity index is 1.54. The molecule has 0 amide bonds. The number of hydrogen-bond donors (Lipinski definition) is 0. The van der Waals surface area contributed by atoms with Crippen molar-refractivity contribution >= 4 is 5.69 Å². The van der Waals surface area contributed by atoms with Gasteiger partial charge in [0, 0.05) is 38.4 Å². The first kappa shape index (κ1) is 19.1. The van der Waals surface area contributed by atoms with Gasteiger partial charge in [0.2, 0.25) is 0 Å². The normalized spacial score (nSPS) is 15.4. The molecule has 0 radical (unpaired) electrons. The molecule has 0 bridgehead atoms. The smallest absolute Gasteiger partial charge is 0.417 e. The van der Waals surface area contributed by atoms with Crippen LogP contribution in [-0.4, -0.2) is 44.2 Å². The highest BCUT2D eigenvalue weighted by atomic mass is 19.4. The molecule has 27 heavy (non-hydrogen) atoms. The van der Waals surface area contributed by atoms with Gasteiger partial charge in [0.15, 0.2) is 0 Å². The summed E-state index contributed by atoms with van der Waals surface area (Å²) in [7, 11) is 0. The van der Waals surface area contributed by atoms with Crippen LogP contribution in [0.25, 0.3) is 0 Å². The quantitative estimate of drug-likeness (QED) is 0.797. The summed E-state index contributed by atoms with van der Waals surface area (Å²) < 4.78 is 45.1. The molecule has 0 aliphatic carbocycles. The minimum atomic E-state index is -4.53. The summed E-state index contributed by atoms with van der Waals surface area (Å²) in [5.74, 6) is 0.827. The number of benzene rings is 2. The molecule has 3 rings (SSSR count). The summed E-state index contributed by atoms with van der Waals surface area (Å²) >= 11 is 0. The minimum Gasteiger partial charge on any atom is -0.492 e. The summed E-state index contributed by atoms with van der Waals surface area (Å²) in [6.07, 6.45) is -4.53. The van der Waals surface area contributed by atoms with Crippen molar-refractivity contribution in [3.63, 3.8) is 0 Å². The molecule has 1 fully saturated rings. The lowest BCUT2D eigenvalue weighted by molar-refractivity contribution is -0.137. The van der Waals surface area contributed by atoms with E-state index in [1.807, 2.05) is 35.2 Å². The Labute approximate surface area is 156 Å². The molecule has 0 spiro atoms. The molecule has 0 atom stereocenters. The van der Waals surface area contributed by atoms with Crippen LogP contribution in [0.3, 0.4) is 0 Å². The highest BCUT2D eigenvalue weighted by molar-refractivity contribution is 5.55. The van der Waals surface area contributed by atoms with Gasteiger partial charge in [-0.25, -0.2) is 0 Å². The molecule has 142 valence electrons. The lowest BCUT2D eigenvalue weighted by atomic mass is 10.1. The molecule has 1 heterocycles. The molecule has 1 aliphatic rings. The largest absolute Gasteiger partial charge is 0.492 e. The van der Waals surface area contributed by atoms with E-state index < -0.39 is 11.7 Å². The van der Waals surface area contributed by atoms with E-state index in [1.54, 1.807) is 12.1 Å². The van der Waals surface area contributed by atoms with Crippen molar-refractivity contribution < 1.29 is 17.9 Å². The van der Waals surface area contributed by atoms with E-state index in [9.17, 15) is 13.2 Å². The zero-order chi connectivity index (χ0) is 19.3. The highest BCUT2D eigenvalue weighted by Crippen LogP contribution is 2.34. The van der Waals surface area contributed by atoms with Gasteiger partial charge < -0.3 is 9.64 Å². The van der Waals surface area contributed by atoms with Gasteiger partial charge >= 0.3 is 6.18 Å². The summed E-state index contributed by atoms with van der Waals surface area (Å²) in [5, 5.41) is 8.90. The van der Waals surface area contributed by atoms with Crippen molar-refractivity contribution in [2.45, 2.75) is 6.18 Å². The fraction of sp³-hybridized carbons (Fsp3) is 0.350. The van der Waals surface area contributed by atoms with Crippen molar-refractivity contribution in [3.8, 4) is 11.8 Å². The van der Waals surface area contributed by atoms with Gasteiger partial charge in [0.1, 0.15) is 12.4 Å². The molecule has 1 aliphatic heterocycles. The molecular weight excluding hydrogens is 355 g/mol. The Hall–Kier alpha value is -2.72. The molecule has 0 N–H and O–H groups in total. The fourth-order valence-corrected chi connectivity index (χ4v) is 3.10. The Kier molecular flexibility index (Phi) is 5.87. The number of halogens is 3. The third-order valence-corrected chi connectivity index (χ3v) is 4.59. The lowest BCUT2D eigenvalue weighted by Gasteiger charge is -2.36. The number of nitriles is 1. The molecular formula is C20H20F3N3O. The minimum absolute atomic E-state index is 0.344. The first-order valence-electron chi connectivity index (χ1n) is 8.74. The van der Waals surface area contributed by atoms with Crippen LogP contribution in [0.5, 0.6) is 5.75 Å². The average Bonchev–Trinajstić information content (AvgIpc) is 2.68. The second kappa shape index (κ2) is 8.31. The van der Waals surface area contributed by atoms with Crippen LogP contribution >= 0.6 is 0 Å². The molecule has 2 aromatic carbocycles. The van der Waals surface area contributed by atoms with E-state index in [-0.39, 0.29) is 5.56 Å². The molecule has 0 unspecified atom stereocenters. The topological polar surface area (TPSA) is 39.5 Å². The second-order valence-corrected chi connectivity index (χ2v) is 6.33. The molecule has 7 heteroatoms. The van der Waals surface area contributed by atoms with Gasteiger partial charge in [0.25, 0.3) is 0 Å². The predicted octanol–water partition coefficient (Wildman–Crippen LogP) is 3.78. The van der Waals surface area contributed by atoms with E-state index >= 15 is 0 Å². The van der Waals surface area contributed by atoms with E-state index in [2.05, 4.69) is 4.90 Å². The zero-order valence-electron chi connectivity index (χ0n) is 14.7. The van der Waals surface area contributed by atoms with E-state index in [0.717, 1.165) is 31.5 Å². The maximum Gasteiger partial charge on any atom is 0.417 e. The molecule has 1 saturated heterocycles. The standard InChI is InChI=1S/C20H20F3N3O/c21-20(22,23)19-14-17(7-6-16(19)15-24)26-10-8-25(9-11-26)12-13-27-18-4-2-1-3-5-18/h1-7,14H,8-13H2. The number of rotatable bonds is 5. The first-order valence-corrected chi connectivity index (χ1v) is 8.74. The molecule has 2 aromatic rings. The van der Waals surface area contributed by atoms with E-state index in [1.165, 1.54) is 6.07 Å². The highest BCUT2D eigenvalue weighted by Gasteiger charge is 2.34. The van der Waals surface area contributed by atoms with Crippen molar-refractivity contribution in [2.75, 3.05) is 44.2 Å². The van der Waals surface area contributed by atoms with Crippen LogP contribution in [0.2, 0.25) is 0 Å². The lowest BCUT2D eigenvalue weighted by Crippen LogP contribution is -2.47. The second-order valence-electron chi connectivity index (χ2n) is 6.33. The maximum atomic E-state index is 13.1. The Morgan fingerprint density at radius 3 is 2.33 bits per heavy atom. The summed E-state index contributed by atoms with van der Waals surface area (Å²) in [6.45, 7) is 4.10.